The van der Waals surface area contributed by atoms with Crippen LogP contribution in [0.3, 0.4) is 0 Å². The van der Waals surface area contributed by atoms with E-state index in [0.29, 0.717) is 13.0 Å². The Hall–Kier alpha value is -2.04. The van der Waals surface area contributed by atoms with Crippen molar-refractivity contribution in [3.05, 3.63) is 46.1 Å². The van der Waals surface area contributed by atoms with Gasteiger partial charge in [0.05, 0.1) is 6.54 Å². The van der Waals surface area contributed by atoms with Crippen LogP contribution in [0.5, 0.6) is 0 Å². The molecule has 0 saturated carbocycles. The lowest BCUT2D eigenvalue weighted by atomic mass is 10.1. The maximum Gasteiger partial charge on any atom is 0.157 e. The van der Waals surface area contributed by atoms with Crippen LogP contribution in [-0.4, -0.2) is 16.6 Å². The van der Waals surface area contributed by atoms with Crippen LogP contribution in [0.1, 0.15) is 5.56 Å². The third-order valence-electron chi connectivity index (χ3n) is 2.31. The summed E-state index contributed by atoms with van der Waals surface area (Å²) in [5.74, 6) is 0. The Bertz CT molecular complexity index is 478. The standard InChI is InChI=1S/C10H11N3O2/c14-13(15)12-6-5-8-7-11-10-4-2-1-3-9(8)10/h1-4,7,11-12H,5-6H2. The third kappa shape index (κ3) is 2.07. The van der Waals surface area contributed by atoms with Crippen molar-refractivity contribution in [3.8, 4) is 0 Å². The monoisotopic (exact) mass is 205 g/mol. The molecule has 0 radical (unpaired) electrons. The molecule has 5 nitrogen and oxygen atoms in total. The number of aromatic amines is 1. The zero-order valence-corrected chi connectivity index (χ0v) is 8.06. The normalized spacial score (nSPS) is 10.4. The van der Waals surface area contributed by atoms with Gasteiger partial charge in [-0.1, -0.05) is 18.2 Å². The second kappa shape index (κ2) is 4.00. The highest BCUT2D eigenvalue weighted by Crippen LogP contribution is 2.17. The topological polar surface area (TPSA) is 71.0 Å². The van der Waals surface area contributed by atoms with Crippen molar-refractivity contribution in [1.82, 2.24) is 10.4 Å². The van der Waals surface area contributed by atoms with Crippen molar-refractivity contribution in [2.45, 2.75) is 6.42 Å². The maximum atomic E-state index is 10.1. The Morgan fingerprint density at radius 1 is 1.40 bits per heavy atom. The second-order valence-electron chi connectivity index (χ2n) is 3.27. The molecule has 78 valence electrons. The van der Waals surface area contributed by atoms with Crippen LogP contribution < -0.4 is 5.43 Å². The molecule has 0 aliphatic carbocycles. The summed E-state index contributed by atoms with van der Waals surface area (Å²) < 4.78 is 0. The zero-order valence-electron chi connectivity index (χ0n) is 8.06. The predicted molar refractivity (Wildman–Crippen MR) is 57.0 cm³/mol. The van der Waals surface area contributed by atoms with E-state index in [1.807, 2.05) is 30.5 Å². The SMILES string of the molecule is O=[N+]([O-])NCCc1c[nH]c2ccccc12. The largest absolute Gasteiger partial charge is 0.361 e. The molecule has 0 bridgehead atoms. The van der Waals surface area contributed by atoms with Crippen LogP contribution in [0.15, 0.2) is 30.5 Å². The molecule has 0 atom stereocenters. The maximum absolute atomic E-state index is 10.1. The predicted octanol–water partition coefficient (Wildman–Crippen LogP) is 1.49. The number of rotatable bonds is 4. The molecule has 1 heterocycles. The van der Waals surface area contributed by atoms with Crippen molar-refractivity contribution in [1.29, 1.82) is 0 Å². The molecule has 2 aromatic rings. The summed E-state index contributed by atoms with van der Waals surface area (Å²) in [4.78, 5) is 13.2. The number of hydrogen-bond donors (Lipinski definition) is 2. The van der Waals surface area contributed by atoms with E-state index in [9.17, 15) is 10.1 Å². The molecule has 0 aliphatic rings. The van der Waals surface area contributed by atoms with Crippen molar-refractivity contribution in [2.24, 2.45) is 0 Å². The molecule has 0 amide bonds. The lowest BCUT2D eigenvalue weighted by Gasteiger charge is -1.97. The van der Waals surface area contributed by atoms with E-state index < -0.39 is 5.03 Å². The number of hydrogen-bond acceptors (Lipinski definition) is 2. The quantitative estimate of drug-likeness (QED) is 0.586. The first kappa shape index (κ1) is 9.51. The number of nitrogens with one attached hydrogen (secondary N) is 2. The third-order valence-corrected chi connectivity index (χ3v) is 2.31. The van der Waals surface area contributed by atoms with E-state index in [-0.39, 0.29) is 0 Å². The van der Waals surface area contributed by atoms with Gasteiger partial charge in [0.2, 0.25) is 0 Å². The van der Waals surface area contributed by atoms with Crippen molar-refractivity contribution >= 4 is 10.9 Å². The molecule has 1 aromatic carbocycles. The van der Waals surface area contributed by atoms with Crippen LogP contribution in [0.4, 0.5) is 0 Å². The summed E-state index contributed by atoms with van der Waals surface area (Å²) in [6, 6.07) is 7.91. The van der Waals surface area contributed by atoms with Gasteiger partial charge in [-0.3, -0.25) is 0 Å². The van der Waals surface area contributed by atoms with Crippen LogP contribution >= 0.6 is 0 Å². The van der Waals surface area contributed by atoms with Gasteiger partial charge in [-0.15, -0.1) is 5.43 Å². The molecular weight excluding hydrogens is 194 g/mol. The fourth-order valence-electron chi connectivity index (χ4n) is 1.62. The number of aromatic nitrogens is 1. The van der Waals surface area contributed by atoms with Crippen molar-refractivity contribution in [2.75, 3.05) is 6.54 Å². The van der Waals surface area contributed by atoms with E-state index in [1.165, 1.54) is 0 Å². The molecule has 0 spiro atoms. The Morgan fingerprint density at radius 3 is 3.00 bits per heavy atom. The van der Waals surface area contributed by atoms with Gasteiger partial charge in [0.25, 0.3) is 0 Å². The molecule has 2 N–H and O–H groups in total. The number of nitro groups is 1. The number of hydrazine groups is 1. The summed E-state index contributed by atoms with van der Waals surface area (Å²) in [6.45, 7) is 0.342. The summed E-state index contributed by atoms with van der Waals surface area (Å²) in [7, 11) is 0. The van der Waals surface area contributed by atoms with Gasteiger partial charge in [-0.2, -0.15) is 0 Å². The molecule has 1 aromatic heterocycles. The molecule has 0 fully saturated rings. The van der Waals surface area contributed by atoms with Crippen LogP contribution in [0.25, 0.3) is 10.9 Å². The van der Waals surface area contributed by atoms with Gasteiger partial charge in [-0.25, -0.2) is 10.1 Å². The van der Waals surface area contributed by atoms with Crippen LogP contribution in [0.2, 0.25) is 0 Å². The van der Waals surface area contributed by atoms with Crippen molar-refractivity contribution < 1.29 is 5.03 Å². The average Bonchev–Trinajstić information content (AvgIpc) is 2.62. The highest BCUT2D eigenvalue weighted by molar-refractivity contribution is 5.82. The van der Waals surface area contributed by atoms with Gasteiger partial charge < -0.3 is 4.98 Å². The second-order valence-corrected chi connectivity index (χ2v) is 3.27. The average molecular weight is 205 g/mol. The van der Waals surface area contributed by atoms with Gasteiger partial charge in [-0.05, 0) is 18.1 Å². The van der Waals surface area contributed by atoms with Crippen molar-refractivity contribution in [3.63, 3.8) is 0 Å². The van der Waals surface area contributed by atoms with Gasteiger partial charge in [0, 0.05) is 17.1 Å². The van der Waals surface area contributed by atoms with Gasteiger partial charge in [0.1, 0.15) is 0 Å². The fraction of sp³-hybridized carbons (Fsp3) is 0.200. The van der Waals surface area contributed by atoms with Crippen LogP contribution in [0, 0.1) is 10.1 Å². The zero-order chi connectivity index (χ0) is 10.7. The van der Waals surface area contributed by atoms with Crippen LogP contribution in [-0.2, 0) is 6.42 Å². The highest BCUT2D eigenvalue weighted by Gasteiger charge is 2.03. The molecule has 5 heteroatoms. The van der Waals surface area contributed by atoms with E-state index in [1.54, 1.807) is 0 Å². The highest BCUT2D eigenvalue weighted by atomic mass is 16.7. The number of fused-ring (bicyclic) bond motifs is 1. The molecule has 0 saturated heterocycles. The summed E-state index contributed by atoms with van der Waals surface area (Å²) in [6.07, 6.45) is 2.54. The Kier molecular flexibility index (Phi) is 2.53. The molecule has 15 heavy (non-hydrogen) atoms. The number of nitrogens with zero attached hydrogens (tertiary/aromatic N) is 1. The minimum atomic E-state index is -0.519. The summed E-state index contributed by atoms with van der Waals surface area (Å²) in [5, 5.41) is 10.7. The number of para-hydroxylation sites is 1. The summed E-state index contributed by atoms with van der Waals surface area (Å²) in [5.41, 5.74) is 4.32. The van der Waals surface area contributed by atoms with Gasteiger partial charge in [0.15, 0.2) is 5.03 Å². The number of benzene rings is 1. The first-order chi connectivity index (χ1) is 7.27. The molecule has 2 rings (SSSR count). The Balaban J connectivity index is 2.11. The van der Waals surface area contributed by atoms with E-state index in [0.717, 1.165) is 16.5 Å². The minimum Gasteiger partial charge on any atom is -0.361 e. The smallest absolute Gasteiger partial charge is 0.157 e. The van der Waals surface area contributed by atoms with E-state index in [4.69, 9.17) is 0 Å². The first-order valence-electron chi connectivity index (χ1n) is 4.70. The van der Waals surface area contributed by atoms with E-state index >= 15 is 0 Å². The fourth-order valence-corrected chi connectivity index (χ4v) is 1.62. The lowest BCUT2D eigenvalue weighted by molar-refractivity contribution is -0.543. The lowest BCUT2D eigenvalue weighted by Crippen LogP contribution is -2.23. The van der Waals surface area contributed by atoms with Gasteiger partial charge >= 0.3 is 0 Å². The Labute approximate surface area is 86.2 Å². The Morgan fingerprint density at radius 2 is 2.20 bits per heavy atom. The molecule has 0 aliphatic heterocycles. The van der Waals surface area contributed by atoms with E-state index in [2.05, 4.69) is 10.4 Å². The molecular formula is C10H11N3O2. The minimum absolute atomic E-state index is 0.342. The molecule has 0 unspecified atom stereocenters. The first-order valence-corrected chi connectivity index (χ1v) is 4.70. The summed E-state index contributed by atoms with van der Waals surface area (Å²) >= 11 is 0. The number of H-pyrrole nitrogens is 1.